The van der Waals surface area contributed by atoms with Crippen molar-refractivity contribution in [3.63, 3.8) is 0 Å². The maximum Gasteiger partial charge on any atom is 0.161 e. The van der Waals surface area contributed by atoms with E-state index in [9.17, 15) is 5.11 Å². The molecule has 0 saturated carbocycles. The number of halogens is 1. The van der Waals surface area contributed by atoms with Crippen LogP contribution in [0.1, 0.15) is 43.9 Å². The molecule has 0 amide bonds. The van der Waals surface area contributed by atoms with Crippen LogP contribution in [-0.4, -0.2) is 42.9 Å². The van der Waals surface area contributed by atoms with Crippen molar-refractivity contribution in [3.8, 4) is 11.5 Å². The van der Waals surface area contributed by atoms with E-state index in [0.29, 0.717) is 5.92 Å². The van der Waals surface area contributed by atoms with Gasteiger partial charge in [0.05, 0.1) is 19.8 Å². The van der Waals surface area contributed by atoms with Crippen LogP contribution in [0.2, 0.25) is 0 Å². The van der Waals surface area contributed by atoms with Crippen molar-refractivity contribution < 1.29 is 14.6 Å². The van der Waals surface area contributed by atoms with E-state index in [2.05, 4.69) is 53.5 Å². The van der Waals surface area contributed by atoms with Gasteiger partial charge in [-0.1, -0.05) is 36.4 Å². The quantitative estimate of drug-likeness (QED) is 0.649. The van der Waals surface area contributed by atoms with Crippen molar-refractivity contribution >= 4 is 22.6 Å². The first-order chi connectivity index (χ1) is 12.4. The van der Waals surface area contributed by atoms with Gasteiger partial charge < -0.3 is 14.6 Å². The lowest BCUT2D eigenvalue weighted by Crippen LogP contribution is -2.54. The van der Waals surface area contributed by atoms with Gasteiger partial charge in [-0.3, -0.25) is 4.90 Å². The molecule has 1 aromatic rings. The molecule has 0 aliphatic carbocycles. The first kappa shape index (κ1) is 20.0. The summed E-state index contributed by atoms with van der Waals surface area (Å²) in [6, 6.07) is 4.44. The van der Waals surface area contributed by atoms with Gasteiger partial charge in [0.2, 0.25) is 0 Å². The molecule has 26 heavy (non-hydrogen) atoms. The Kier molecular flexibility index (Phi) is 6.19. The van der Waals surface area contributed by atoms with Crippen molar-refractivity contribution in [2.75, 3.05) is 27.3 Å². The summed E-state index contributed by atoms with van der Waals surface area (Å²) in [6.07, 6.45) is 4.79. The minimum atomic E-state index is -0.756. The Morgan fingerprint density at radius 2 is 2.00 bits per heavy atom. The van der Waals surface area contributed by atoms with E-state index in [-0.39, 0.29) is 12.0 Å². The van der Waals surface area contributed by atoms with Crippen molar-refractivity contribution in [2.24, 2.45) is 11.8 Å². The predicted octanol–water partition coefficient (Wildman–Crippen LogP) is 4.35. The zero-order valence-corrected chi connectivity index (χ0v) is 18.3. The zero-order valence-electron chi connectivity index (χ0n) is 16.2. The summed E-state index contributed by atoms with van der Waals surface area (Å²) >= 11 is 2.22. The molecule has 1 saturated heterocycles. The lowest BCUT2D eigenvalue weighted by molar-refractivity contribution is -0.0711. The van der Waals surface area contributed by atoms with Gasteiger partial charge in [0.15, 0.2) is 11.5 Å². The number of piperidine rings is 1. The molecule has 0 spiro atoms. The number of nitrogens with zero attached hydrogens (tertiary/aromatic N) is 1. The average molecular weight is 471 g/mol. The van der Waals surface area contributed by atoms with Crippen LogP contribution in [0, 0.1) is 11.8 Å². The summed E-state index contributed by atoms with van der Waals surface area (Å²) in [5, 5.41) is 11.5. The Morgan fingerprint density at radius 1 is 1.31 bits per heavy atom. The maximum absolute atomic E-state index is 11.5. The Morgan fingerprint density at radius 3 is 2.62 bits per heavy atom. The average Bonchev–Trinajstić information content (AvgIpc) is 2.61. The monoisotopic (exact) mass is 471 g/mol. The molecule has 4 nitrogen and oxygen atoms in total. The van der Waals surface area contributed by atoms with Crippen LogP contribution in [0.4, 0.5) is 0 Å². The first-order valence-corrected chi connectivity index (χ1v) is 10.7. The second kappa shape index (κ2) is 8.07. The summed E-state index contributed by atoms with van der Waals surface area (Å²) in [5.74, 6) is 2.40. The first-order valence-electron chi connectivity index (χ1n) is 9.41. The van der Waals surface area contributed by atoms with Crippen molar-refractivity contribution in [1.29, 1.82) is 0 Å². The highest BCUT2D eigenvalue weighted by molar-refractivity contribution is 14.1. The van der Waals surface area contributed by atoms with Gasteiger partial charge in [-0.05, 0) is 58.6 Å². The van der Waals surface area contributed by atoms with E-state index < -0.39 is 5.60 Å². The van der Waals surface area contributed by atoms with Crippen LogP contribution >= 0.6 is 22.6 Å². The standard InChI is InChI=1S/C21H30INO3/c1-14(2)9-16-13-23-8-5-15-10-19(25-3)20(26-4)11-17(15)18(23)12-21(16,24)6-7-22/h6-7,10-11,14,16,18,24H,5,8-9,12-13H2,1-4H3/b7-6+/t16?,18-,21?/m0/s1. The molecular formula is C21H30INO3. The molecule has 2 aliphatic heterocycles. The summed E-state index contributed by atoms with van der Waals surface area (Å²) in [6.45, 7) is 6.45. The number of fused-ring (bicyclic) bond motifs is 3. The molecule has 5 heteroatoms. The van der Waals surface area contributed by atoms with Gasteiger partial charge in [-0.2, -0.15) is 0 Å². The lowest BCUT2D eigenvalue weighted by atomic mass is 9.71. The van der Waals surface area contributed by atoms with Crippen LogP contribution in [-0.2, 0) is 6.42 Å². The fourth-order valence-corrected chi connectivity index (χ4v) is 5.24. The molecule has 3 rings (SSSR count). The number of methoxy groups -OCH3 is 2. The van der Waals surface area contributed by atoms with E-state index in [1.807, 2.05) is 10.2 Å². The molecule has 1 fully saturated rings. The van der Waals surface area contributed by atoms with Gasteiger partial charge in [0.1, 0.15) is 0 Å². The third kappa shape index (κ3) is 3.76. The maximum atomic E-state index is 11.5. The van der Waals surface area contributed by atoms with Crippen molar-refractivity contribution in [2.45, 2.75) is 44.8 Å². The highest BCUT2D eigenvalue weighted by Crippen LogP contribution is 2.47. The number of benzene rings is 1. The molecule has 1 N–H and O–H groups in total. The highest BCUT2D eigenvalue weighted by Gasteiger charge is 2.46. The molecule has 3 atom stereocenters. The normalized spacial score (nSPS) is 28.9. The van der Waals surface area contributed by atoms with Crippen LogP contribution in [0.15, 0.2) is 22.3 Å². The van der Waals surface area contributed by atoms with E-state index in [1.165, 1.54) is 11.1 Å². The fraction of sp³-hybridized carbons (Fsp3) is 0.619. The number of ether oxygens (including phenoxy) is 2. The Hall–Kier alpha value is -0.790. The number of hydrogen-bond acceptors (Lipinski definition) is 4. The van der Waals surface area contributed by atoms with E-state index in [4.69, 9.17) is 9.47 Å². The predicted molar refractivity (Wildman–Crippen MR) is 113 cm³/mol. The topological polar surface area (TPSA) is 41.9 Å². The summed E-state index contributed by atoms with van der Waals surface area (Å²) in [4.78, 5) is 2.55. The summed E-state index contributed by atoms with van der Waals surface area (Å²) in [7, 11) is 3.36. The van der Waals surface area contributed by atoms with E-state index >= 15 is 0 Å². The summed E-state index contributed by atoms with van der Waals surface area (Å²) in [5.41, 5.74) is 1.83. The Labute approximate surface area is 170 Å². The lowest BCUT2D eigenvalue weighted by Gasteiger charge is -2.51. The SMILES string of the molecule is COc1cc2c(cc1OC)[C@@H]1CC(O)(/C=C/I)C(CC(C)C)CN1CC2. The molecule has 0 radical (unpaired) electrons. The molecular weight excluding hydrogens is 441 g/mol. The van der Waals surface area contributed by atoms with Crippen LogP contribution < -0.4 is 9.47 Å². The number of rotatable bonds is 5. The van der Waals surface area contributed by atoms with Gasteiger partial charge in [-0.15, -0.1) is 0 Å². The molecule has 2 aliphatic rings. The van der Waals surface area contributed by atoms with Gasteiger partial charge in [0.25, 0.3) is 0 Å². The molecule has 0 bridgehead atoms. The molecule has 1 aromatic carbocycles. The van der Waals surface area contributed by atoms with Gasteiger partial charge in [-0.25, -0.2) is 0 Å². The highest BCUT2D eigenvalue weighted by atomic mass is 127. The van der Waals surface area contributed by atoms with Gasteiger partial charge >= 0.3 is 0 Å². The second-order valence-corrected chi connectivity index (χ2v) is 8.70. The smallest absolute Gasteiger partial charge is 0.161 e. The minimum absolute atomic E-state index is 0.222. The Bertz CT molecular complexity index is 675. The van der Waals surface area contributed by atoms with Crippen molar-refractivity contribution in [3.05, 3.63) is 33.4 Å². The third-order valence-corrected chi connectivity index (χ3v) is 6.26. The van der Waals surface area contributed by atoms with Crippen LogP contribution in [0.5, 0.6) is 11.5 Å². The minimum Gasteiger partial charge on any atom is -0.493 e. The molecule has 2 heterocycles. The fourth-order valence-electron chi connectivity index (χ4n) is 4.62. The zero-order chi connectivity index (χ0) is 18.9. The molecule has 0 aromatic heterocycles. The Balaban J connectivity index is 1.98. The van der Waals surface area contributed by atoms with Crippen LogP contribution in [0.3, 0.4) is 0 Å². The third-order valence-electron chi connectivity index (χ3n) is 5.90. The molecule has 2 unspecified atom stereocenters. The van der Waals surface area contributed by atoms with E-state index in [0.717, 1.165) is 43.9 Å². The van der Waals surface area contributed by atoms with Crippen molar-refractivity contribution in [1.82, 2.24) is 4.90 Å². The second-order valence-electron chi connectivity index (χ2n) is 7.98. The number of aliphatic hydroxyl groups is 1. The van der Waals surface area contributed by atoms with Crippen LogP contribution in [0.25, 0.3) is 0 Å². The largest absolute Gasteiger partial charge is 0.493 e. The molecule has 144 valence electrons. The van der Waals surface area contributed by atoms with E-state index in [1.54, 1.807) is 14.2 Å². The number of hydrogen-bond donors (Lipinski definition) is 1. The summed E-state index contributed by atoms with van der Waals surface area (Å²) < 4.78 is 13.0. The van der Waals surface area contributed by atoms with Gasteiger partial charge in [0, 0.05) is 25.0 Å².